The smallest absolute Gasteiger partial charge is 0.419 e. The van der Waals surface area contributed by atoms with Gasteiger partial charge < -0.3 is 15.4 Å². The Balaban J connectivity index is 1.99. The molecule has 0 saturated heterocycles. The van der Waals surface area contributed by atoms with Crippen molar-refractivity contribution < 1.29 is 40.3 Å². The zero-order valence-electron chi connectivity index (χ0n) is 21.4. The van der Waals surface area contributed by atoms with Crippen LogP contribution in [-0.2, 0) is 24.3 Å². The van der Waals surface area contributed by atoms with Gasteiger partial charge in [0.05, 0.1) is 23.8 Å². The Hall–Kier alpha value is -3.76. The predicted octanol–water partition coefficient (Wildman–Crippen LogP) is 7.60. The highest BCUT2D eigenvalue weighted by Gasteiger charge is 2.43. The molecule has 2 N–H and O–H groups in total. The molecule has 11 heteroatoms. The molecule has 3 aromatic rings. The minimum atomic E-state index is -4.96. The van der Waals surface area contributed by atoms with E-state index in [1.807, 2.05) is 0 Å². The first-order valence-electron chi connectivity index (χ1n) is 12.6. The number of carbonyl (C=O) groups is 1. The minimum absolute atomic E-state index is 0.204. The van der Waals surface area contributed by atoms with Crippen LogP contribution in [0, 0.1) is 5.82 Å². The van der Waals surface area contributed by atoms with Gasteiger partial charge in [-0.05, 0) is 59.9 Å². The summed E-state index contributed by atoms with van der Waals surface area (Å²) in [5, 5.41) is 5.44. The van der Waals surface area contributed by atoms with Crippen molar-refractivity contribution in [3.63, 3.8) is 0 Å². The molecule has 1 aliphatic rings. The number of benzene rings is 3. The van der Waals surface area contributed by atoms with Crippen LogP contribution in [0.25, 0.3) is 0 Å². The first kappa shape index (κ1) is 29.2. The van der Waals surface area contributed by atoms with Gasteiger partial charge in [0.2, 0.25) is 0 Å². The third kappa shape index (κ3) is 6.51. The van der Waals surface area contributed by atoms with Gasteiger partial charge in [0.25, 0.3) is 0 Å². The van der Waals surface area contributed by atoms with Crippen LogP contribution in [0.4, 0.5) is 35.5 Å². The molecule has 1 saturated carbocycles. The van der Waals surface area contributed by atoms with Gasteiger partial charge in [-0.25, -0.2) is 9.18 Å². The first-order chi connectivity index (χ1) is 18.8. The zero-order chi connectivity index (χ0) is 29.1. The van der Waals surface area contributed by atoms with Gasteiger partial charge >= 0.3 is 18.4 Å². The normalized spacial score (nSPS) is 15.9. The number of alkyl halides is 6. The Morgan fingerprint density at radius 3 is 2.10 bits per heavy atom. The lowest BCUT2D eigenvalue weighted by atomic mass is 9.76. The Morgan fingerprint density at radius 1 is 0.850 bits per heavy atom. The predicted molar refractivity (Wildman–Crippen MR) is 134 cm³/mol. The number of rotatable bonds is 7. The molecule has 2 amide bonds. The molecule has 4 nitrogen and oxygen atoms in total. The first-order valence-corrected chi connectivity index (χ1v) is 12.6. The third-order valence-electron chi connectivity index (χ3n) is 7.05. The molecule has 0 spiro atoms. The van der Waals surface area contributed by atoms with E-state index in [4.69, 9.17) is 4.74 Å². The van der Waals surface area contributed by atoms with Crippen molar-refractivity contribution in [2.45, 2.75) is 56.0 Å². The van der Waals surface area contributed by atoms with E-state index < -0.39 is 46.6 Å². The van der Waals surface area contributed by atoms with Gasteiger partial charge in [-0.3, -0.25) is 0 Å². The van der Waals surface area contributed by atoms with E-state index in [0.717, 1.165) is 38.2 Å². The standard InChI is InChI=1S/C29H27F7N2O2/c1-40-25-12-11-19(16-24(25)29(34,35)36)27(17-18-7-3-2-4-8-18,38-26(39)37-23-9-5-6-10-23)20-13-21(28(31,32)33)15-22(30)14-20/h2-4,7-8,11-16,23H,5-6,9-10,17H2,1H3,(H2,37,38,39). The lowest BCUT2D eigenvalue weighted by Gasteiger charge is -2.37. The number of halogens is 7. The molecule has 1 unspecified atom stereocenters. The highest BCUT2D eigenvalue weighted by atomic mass is 19.4. The molecule has 4 rings (SSSR count). The number of hydrogen-bond acceptors (Lipinski definition) is 2. The number of methoxy groups -OCH3 is 1. The Morgan fingerprint density at radius 2 is 1.50 bits per heavy atom. The van der Waals surface area contributed by atoms with Crippen LogP contribution in [-0.4, -0.2) is 19.2 Å². The van der Waals surface area contributed by atoms with E-state index in [0.29, 0.717) is 30.5 Å². The summed E-state index contributed by atoms with van der Waals surface area (Å²) in [5.41, 5.74) is -4.68. The minimum Gasteiger partial charge on any atom is -0.496 e. The fourth-order valence-corrected chi connectivity index (χ4v) is 5.14. The maximum absolute atomic E-state index is 14.8. The highest BCUT2D eigenvalue weighted by molar-refractivity contribution is 5.76. The van der Waals surface area contributed by atoms with Crippen molar-refractivity contribution in [3.05, 3.63) is 100 Å². The molecule has 0 bridgehead atoms. The summed E-state index contributed by atoms with van der Waals surface area (Å²) < 4.78 is 103. The van der Waals surface area contributed by atoms with Crippen LogP contribution in [0.3, 0.4) is 0 Å². The average molecular weight is 569 g/mol. The van der Waals surface area contributed by atoms with Crippen LogP contribution in [0.2, 0.25) is 0 Å². The van der Waals surface area contributed by atoms with Crippen molar-refractivity contribution in [3.8, 4) is 5.75 Å². The van der Waals surface area contributed by atoms with Crippen LogP contribution in [0.1, 0.15) is 53.5 Å². The number of ether oxygens (including phenoxy) is 1. The molecule has 40 heavy (non-hydrogen) atoms. The Bertz CT molecular complexity index is 1340. The van der Waals surface area contributed by atoms with Gasteiger partial charge in [-0.1, -0.05) is 49.2 Å². The van der Waals surface area contributed by atoms with E-state index in [-0.39, 0.29) is 23.6 Å². The number of urea groups is 1. The topological polar surface area (TPSA) is 50.4 Å². The molecule has 1 fully saturated rings. The molecular formula is C29H27F7N2O2. The van der Waals surface area contributed by atoms with Gasteiger partial charge in [-0.15, -0.1) is 0 Å². The van der Waals surface area contributed by atoms with Gasteiger partial charge in [0.1, 0.15) is 11.6 Å². The van der Waals surface area contributed by atoms with Gasteiger partial charge in [-0.2, -0.15) is 26.3 Å². The number of hydrogen-bond donors (Lipinski definition) is 2. The molecule has 0 radical (unpaired) electrons. The molecule has 214 valence electrons. The number of carbonyl (C=O) groups excluding carboxylic acids is 1. The molecule has 0 heterocycles. The summed E-state index contributed by atoms with van der Waals surface area (Å²) in [6, 6.07) is 11.9. The second-order valence-corrected chi connectivity index (χ2v) is 9.79. The Labute approximate surface area is 226 Å². The van der Waals surface area contributed by atoms with Crippen LogP contribution < -0.4 is 15.4 Å². The van der Waals surface area contributed by atoms with Crippen molar-refractivity contribution in [1.29, 1.82) is 0 Å². The van der Waals surface area contributed by atoms with Crippen molar-refractivity contribution >= 4 is 6.03 Å². The maximum atomic E-state index is 14.8. The molecule has 3 aromatic carbocycles. The summed E-state index contributed by atoms with van der Waals surface area (Å²) in [6.07, 6.45) is -7.05. The summed E-state index contributed by atoms with van der Waals surface area (Å²) in [7, 11) is 1.05. The van der Waals surface area contributed by atoms with E-state index in [1.165, 1.54) is 6.07 Å². The van der Waals surface area contributed by atoms with Crippen molar-refractivity contribution in [2.75, 3.05) is 7.11 Å². The van der Waals surface area contributed by atoms with Crippen LogP contribution in [0.15, 0.2) is 66.7 Å². The Kier molecular flexibility index (Phi) is 8.32. The average Bonchev–Trinajstić information content (AvgIpc) is 3.40. The van der Waals surface area contributed by atoms with Crippen LogP contribution >= 0.6 is 0 Å². The quantitative estimate of drug-likeness (QED) is 0.289. The SMILES string of the molecule is COc1ccc(C(Cc2ccccc2)(NC(=O)NC2CCCC2)c2cc(F)cc(C(F)(F)F)c2)cc1C(F)(F)F. The van der Waals surface area contributed by atoms with Gasteiger partial charge in [0.15, 0.2) is 0 Å². The monoisotopic (exact) mass is 568 g/mol. The second-order valence-electron chi connectivity index (χ2n) is 9.79. The van der Waals surface area contributed by atoms with E-state index in [1.54, 1.807) is 30.3 Å². The summed E-state index contributed by atoms with van der Waals surface area (Å²) in [6.45, 7) is 0. The van der Waals surface area contributed by atoms with Crippen molar-refractivity contribution in [2.24, 2.45) is 0 Å². The fourth-order valence-electron chi connectivity index (χ4n) is 5.14. The molecule has 0 aliphatic heterocycles. The number of nitrogens with one attached hydrogen (secondary N) is 2. The number of amides is 2. The zero-order valence-corrected chi connectivity index (χ0v) is 21.4. The summed E-state index contributed by atoms with van der Waals surface area (Å²) in [4.78, 5) is 13.3. The summed E-state index contributed by atoms with van der Waals surface area (Å²) >= 11 is 0. The van der Waals surface area contributed by atoms with E-state index in [2.05, 4.69) is 10.6 Å². The van der Waals surface area contributed by atoms with E-state index in [9.17, 15) is 35.5 Å². The summed E-state index contributed by atoms with van der Waals surface area (Å²) in [5.74, 6) is -1.78. The van der Waals surface area contributed by atoms with Crippen LogP contribution in [0.5, 0.6) is 5.75 Å². The second kappa shape index (κ2) is 11.4. The lowest BCUT2D eigenvalue weighted by molar-refractivity contribution is -0.139. The molecule has 0 aromatic heterocycles. The highest BCUT2D eigenvalue weighted by Crippen LogP contribution is 2.43. The van der Waals surface area contributed by atoms with E-state index >= 15 is 0 Å². The molecular weight excluding hydrogens is 541 g/mol. The largest absolute Gasteiger partial charge is 0.496 e. The molecule has 1 aliphatic carbocycles. The molecule has 1 atom stereocenters. The fraction of sp³-hybridized carbons (Fsp3) is 0.345. The lowest BCUT2D eigenvalue weighted by Crippen LogP contribution is -2.53. The van der Waals surface area contributed by atoms with Crippen molar-refractivity contribution in [1.82, 2.24) is 10.6 Å². The third-order valence-corrected chi connectivity index (χ3v) is 7.05. The maximum Gasteiger partial charge on any atom is 0.419 e. The van der Waals surface area contributed by atoms with Gasteiger partial charge in [0, 0.05) is 12.5 Å².